The molecular weight excluding hydrogens is 308 g/mol. The number of methoxy groups -OCH3 is 1. The van der Waals surface area contributed by atoms with Gasteiger partial charge in [0.25, 0.3) is 0 Å². The minimum Gasteiger partial charge on any atom is -0.478 e. The summed E-state index contributed by atoms with van der Waals surface area (Å²) in [5.41, 5.74) is 0.310. The summed E-state index contributed by atoms with van der Waals surface area (Å²) in [5.74, 6) is -2.56. The molecule has 0 saturated carbocycles. The summed E-state index contributed by atoms with van der Waals surface area (Å²) in [4.78, 5) is 42.8. The molecule has 23 heavy (non-hydrogen) atoms. The van der Waals surface area contributed by atoms with Crippen molar-refractivity contribution in [3.05, 3.63) is 35.4 Å². The van der Waals surface area contributed by atoms with Gasteiger partial charge in [-0.15, -0.1) is 0 Å². The van der Waals surface area contributed by atoms with E-state index in [1.54, 1.807) is 0 Å². The van der Waals surface area contributed by atoms with E-state index in [2.05, 4.69) is 14.2 Å². The van der Waals surface area contributed by atoms with E-state index < -0.39 is 36.1 Å². The largest absolute Gasteiger partial charge is 0.478 e. The van der Waals surface area contributed by atoms with Crippen LogP contribution in [-0.2, 0) is 23.8 Å². The highest BCUT2D eigenvalue weighted by atomic mass is 16.6. The zero-order valence-corrected chi connectivity index (χ0v) is 12.8. The first kappa shape index (κ1) is 18.1. The third-order valence-electron chi connectivity index (χ3n) is 2.78. The van der Waals surface area contributed by atoms with Gasteiger partial charge >= 0.3 is 23.9 Å². The number of carbonyl (C=O) groups excluding carboxylic acids is 3. The third kappa shape index (κ3) is 5.10. The van der Waals surface area contributed by atoms with Crippen molar-refractivity contribution in [2.75, 3.05) is 7.11 Å². The molecule has 0 bridgehead atoms. The zero-order valence-electron chi connectivity index (χ0n) is 12.8. The van der Waals surface area contributed by atoms with Gasteiger partial charge in [0.1, 0.15) is 0 Å². The Kier molecular flexibility index (Phi) is 6.25. The number of benzene rings is 1. The first-order valence-corrected chi connectivity index (χ1v) is 6.59. The molecule has 1 heterocycles. The van der Waals surface area contributed by atoms with Gasteiger partial charge in [0.15, 0.2) is 12.2 Å². The van der Waals surface area contributed by atoms with Gasteiger partial charge in [-0.2, -0.15) is 0 Å². The highest BCUT2D eigenvalue weighted by molar-refractivity contribution is 5.94. The van der Waals surface area contributed by atoms with Crippen molar-refractivity contribution >= 4 is 23.9 Å². The summed E-state index contributed by atoms with van der Waals surface area (Å²) in [6.07, 6.45) is -1.49. The van der Waals surface area contributed by atoms with E-state index in [1.807, 2.05) is 0 Å². The molecule has 1 saturated heterocycles. The van der Waals surface area contributed by atoms with E-state index >= 15 is 0 Å². The minimum atomic E-state index is -1.06. The van der Waals surface area contributed by atoms with Crippen molar-refractivity contribution < 1.29 is 38.5 Å². The molecule has 0 aromatic heterocycles. The SMILES string of the molecule is CC1OC(=O)C(C)OC1=O.COC(=O)c1cccc(C(=O)O)c1. The van der Waals surface area contributed by atoms with Crippen molar-refractivity contribution in [1.82, 2.24) is 0 Å². The molecule has 1 N–H and O–H groups in total. The Labute approximate surface area is 131 Å². The highest BCUT2D eigenvalue weighted by Crippen LogP contribution is 2.08. The summed E-state index contributed by atoms with van der Waals surface area (Å²) >= 11 is 0. The van der Waals surface area contributed by atoms with Crippen LogP contribution in [0.15, 0.2) is 24.3 Å². The molecule has 2 atom stereocenters. The average Bonchev–Trinajstić information content (AvgIpc) is 2.53. The molecule has 124 valence electrons. The second-order valence-electron chi connectivity index (χ2n) is 4.54. The predicted molar refractivity (Wildman–Crippen MR) is 75.8 cm³/mol. The number of cyclic esters (lactones) is 2. The van der Waals surface area contributed by atoms with E-state index in [1.165, 1.54) is 45.2 Å². The normalized spacial score (nSPS) is 19.6. The van der Waals surface area contributed by atoms with E-state index in [4.69, 9.17) is 5.11 Å². The summed E-state index contributed by atoms with van der Waals surface area (Å²) in [7, 11) is 1.25. The second kappa shape index (κ2) is 7.92. The summed E-state index contributed by atoms with van der Waals surface area (Å²) in [6.45, 7) is 2.96. The molecule has 0 radical (unpaired) electrons. The van der Waals surface area contributed by atoms with Gasteiger partial charge in [0, 0.05) is 0 Å². The minimum absolute atomic E-state index is 0.0721. The first-order chi connectivity index (χ1) is 10.8. The maximum atomic E-state index is 11.0. The number of carbonyl (C=O) groups is 4. The summed E-state index contributed by atoms with van der Waals surface area (Å²) in [5, 5.41) is 8.61. The van der Waals surface area contributed by atoms with Crippen LogP contribution in [0.1, 0.15) is 34.6 Å². The lowest BCUT2D eigenvalue weighted by atomic mass is 10.1. The number of hydrogen-bond donors (Lipinski definition) is 1. The molecule has 0 spiro atoms. The smallest absolute Gasteiger partial charge is 0.347 e. The Morgan fingerprint density at radius 3 is 1.96 bits per heavy atom. The fourth-order valence-electron chi connectivity index (χ4n) is 1.53. The molecule has 0 aliphatic carbocycles. The van der Waals surface area contributed by atoms with Crippen molar-refractivity contribution in [3.63, 3.8) is 0 Å². The standard InChI is InChI=1S/C9H8O4.C6H8O4/c1-13-9(12)7-4-2-3-6(5-7)8(10)11;1-3-5(7)10-4(2)6(8)9-3/h2-5H,1H3,(H,10,11);3-4H,1-2H3. The Morgan fingerprint density at radius 1 is 1.04 bits per heavy atom. The molecular formula is C15H16O8. The van der Waals surface area contributed by atoms with Crippen molar-refractivity contribution in [2.24, 2.45) is 0 Å². The van der Waals surface area contributed by atoms with E-state index in [-0.39, 0.29) is 11.1 Å². The molecule has 1 fully saturated rings. The molecule has 8 nitrogen and oxygen atoms in total. The maximum absolute atomic E-state index is 11.0. The van der Waals surface area contributed by atoms with Crippen LogP contribution >= 0.6 is 0 Å². The van der Waals surface area contributed by atoms with Gasteiger partial charge in [-0.1, -0.05) is 6.07 Å². The lowest BCUT2D eigenvalue weighted by Gasteiger charge is -2.22. The van der Waals surface area contributed by atoms with Gasteiger partial charge in [-0.05, 0) is 32.0 Å². The maximum Gasteiger partial charge on any atom is 0.347 e. The van der Waals surface area contributed by atoms with Crippen LogP contribution in [-0.4, -0.2) is 48.3 Å². The number of carboxylic acids is 1. The molecule has 1 aliphatic rings. The van der Waals surface area contributed by atoms with E-state index in [9.17, 15) is 19.2 Å². The topological polar surface area (TPSA) is 116 Å². The number of ether oxygens (including phenoxy) is 3. The zero-order chi connectivity index (χ0) is 17.6. The Balaban J connectivity index is 0.000000238. The number of carboxylic acid groups (broad SMARTS) is 1. The Morgan fingerprint density at radius 2 is 1.52 bits per heavy atom. The van der Waals surface area contributed by atoms with Gasteiger partial charge in [0.05, 0.1) is 18.2 Å². The molecule has 2 unspecified atom stereocenters. The molecule has 1 aromatic rings. The first-order valence-electron chi connectivity index (χ1n) is 6.59. The molecule has 8 heteroatoms. The quantitative estimate of drug-likeness (QED) is 0.633. The predicted octanol–water partition coefficient (Wildman–Crippen LogP) is 1.03. The average molecular weight is 324 g/mol. The molecule has 2 rings (SSSR count). The molecule has 0 amide bonds. The lowest BCUT2D eigenvalue weighted by Crippen LogP contribution is -2.40. The lowest BCUT2D eigenvalue weighted by molar-refractivity contribution is -0.191. The molecule has 1 aliphatic heterocycles. The van der Waals surface area contributed by atoms with Crippen LogP contribution in [0.25, 0.3) is 0 Å². The third-order valence-corrected chi connectivity index (χ3v) is 2.78. The fourth-order valence-corrected chi connectivity index (χ4v) is 1.53. The van der Waals surface area contributed by atoms with Gasteiger partial charge in [-0.25, -0.2) is 19.2 Å². The number of aromatic carboxylic acids is 1. The van der Waals surface area contributed by atoms with Gasteiger partial charge < -0.3 is 19.3 Å². The van der Waals surface area contributed by atoms with Gasteiger partial charge in [-0.3, -0.25) is 0 Å². The van der Waals surface area contributed by atoms with Crippen molar-refractivity contribution in [3.8, 4) is 0 Å². The molecule has 1 aromatic carbocycles. The van der Waals surface area contributed by atoms with Crippen molar-refractivity contribution in [2.45, 2.75) is 26.1 Å². The van der Waals surface area contributed by atoms with Gasteiger partial charge in [0.2, 0.25) is 0 Å². The Bertz CT molecular complexity index is 602. The summed E-state index contributed by atoms with van der Waals surface area (Å²) < 4.78 is 13.6. The monoisotopic (exact) mass is 324 g/mol. The number of rotatable bonds is 2. The van der Waals surface area contributed by atoms with Crippen LogP contribution < -0.4 is 0 Å². The van der Waals surface area contributed by atoms with Crippen molar-refractivity contribution in [1.29, 1.82) is 0 Å². The number of esters is 3. The van der Waals surface area contributed by atoms with Crippen LogP contribution in [0.2, 0.25) is 0 Å². The van der Waals surface area contributed by atoms with Crippen LogP contribution in [0.3, 0.4) is 0 Å². The van der Waals surface area contributed by atoms with Crippen LogP contribution in [0.4, 0.5) is 0 Å². The van der Waals surface area contributed by atoms with Crippen LogP contribution in [0.5, 0.6) is 0 Å². The van der Waals surface area contributed by atoms with E-state index in [0.29, 0.717) is 0 Å². The fraction of sp³-hybridized carbons (Fsp3) is 0.333. The summed E-state index contributed by atoms with van der Waals surface area (Å²) in [6, 6.07) is 5.68. The second-order valence-corrected chi connectivity index (χ2v) is 4.54. The van der Waals surface area contributed by atoms with Crippen LogP contribution in [0, 0.1) is 0 Å². The highest BCUT2D eigenvalue weighted by Gasteiger charge is 2.32. The van der Waals surface area contributed by atoms with E-state index in [0.717, 1.165) is 0 Å². The number of hydrogen-bond acceptors (Lipinski definition) is 7. The Hall–Kier alpha value is -2.90.